The lowest BCUT2D eigenvalue weighted by Gasteiger charge is -2.29. The molecule has 0 saturated carbocycles. The second-order valence-corrected chi connectivity index (χ2v) is 5.72. The van der Waals surface area contributed by atoms with Crippen LogP contribution in [0.3, 0.4) is 0 Å². The molecule has 0 radical (unpaired) electrons. The van der Waals surface area contributed by atoms with Crippen molar-refractivity contribution in [3.8, 4) is 0 Å². The predicted molar refractivity (Wildman–Crippen MR) is 54.8 cm³/mol. The molecule has 1 saturated heterocycles. The number of rotatable bonds is 2. The molecule has 7 heteroatoms. The number of hydrogen-bond acceptors (Lipinski definition) is 2. The average molecular weight is 265 g/mol. The zero-order valence-corrected chi connectivity index (χ0v) is 9.55. The number of benzene rings is 1. The summed E-state index contributed by atoms with van der Waals surface area (Å²) in [6.07, 6.45) is -3.65. The third-order valence-electron chi connectivity index (χ3n) is 2.63. The highest BCUT2D eigenvalue weighted by molar-refractivity contribution is 7.89. The highest BCUT2D eigenvalue weighted by atomic mass is 32.2. The maximum absolute atomic E-state index is 12.3. The molecule has 0 N–H and O–H groups in total. The van der Waals surface area contributed by atoms with E-state index in [0.717, 1.165) is 30.7 Å². The van der Waals surface area contributed by atoms with E-state index in [4.69, 9.17) is 0 Å². The van der Waals surface area contributed by atoms with Crippen LogP contribution in [0.4, 0.5) is 13.2 Å². The van der Waals surface area contributed by atoms with E-state index >= 15 is 0 Å². The van der Waals surface area contributed by atoms with Crippen LogP contribution < -0.4 is 0 Å². The Bertz CT molecular complexity index is 503. The van der Waals surface area contributed by atoms with Crippen molar-refractivity contribution >= 4 is 10.0 Å². The molecular weight excluding hydrogens is 255 g/mol. The molecule has 1 fully saturated rings. The van der Waals surface area contributed by atoms with Gasteiger partial charge in [-0.05, 0) is 30.7 Å². The molecule has 2 rings (SSSR count). The zero-order valence-electron chi connectivity index (χ0n) is 8.74. The maximum atomic E-state index is 12.3. The van der Waals surface area contributed by atoms with Crippen LogP contribution in [0.1, 0.15) is 12.0 Å². The molecule has 3 nitrogen and oxygen atoms in total. The fraction of sp³-hybridized carbons (Fsp3) is 0.400. The van der Waals surface area contributed by atoms with E-state index in [9.17, 15) is 21.6 Å². The predicted octanol–water partition coefficient (Wildman–Crippen LogP) is 2.10. The number of halogens is 3. The van der Waals surface area contributed by atoms with Gasteiger partial charge >= 0.3 is 6.18 Å². The molecule has 0 bridgehead atoms. The molecule has 17 heavy (non-hydrogen) atoms. The summed E-state index contributed by atoms with van der Waals surface area (Å²) in [5.41, 5.74) is -0.847. The minimum atomic E-state index is -4.45. The Kier molecular flexibility index (Phi) is 2.90. The summed E-state index contributed by atoms with van der Waals surface area (Å²) < 4.78 is 61.8. The third kappa shape index (κ3) is 2.30. The molecule has 1 aromatic carbocycles. The van der Waals surface area contributed by atoms with Gasteiger partial charge in [-0.3, -0.25) is 0 Å². The Labute approximate surface area is 96.9 Å². The molecule has 1 aliphatic rings. The molecule has 0 amide bonds. The van der Waals surface area contributed by atoms with Gasteiger partial charge in [0.1, 0.15) is 0 Å². The maximum Gasteiger partial charge on any atom is 0.416 e. The summed E-state index contributed by atoms with van der Waals surface area (Å²) in [6, 6.07) is 3.56. The quantitative estimate of drug-likeness (QED) is 0.821. The molecular formula is C10H10F3NO2S. The Morgan fingerprint density at radius 3 is 1.94 bits per heavy atom. The molecule has 0 unspecified atom stereocenters. The van der Waals surface area contributed by atoms with E-state index < -0.39 is 21.8 Å². The highest BCUT2D eigenvalue weighted by Gasteiger charge is 2.32. The zero-order chi connectivity index (χ0) is 12.7. The lowest BCUT2D eigenvalue weighted by Crippen LogP contribution is -2.41. The summed E-state index contributed by atoms with van der Waals surface area (Å²) >= 11 is 0. The monoisotopic (exact) mass is 265 g/mol. The van der Waals surface area contributed by atoms with Gasteiger partial charge in [-0.15, -0.1) is 0 Å². The highest BCUT2D eigenvalue weighted by Crippen LogP contribution is 2.30. The van der Waals surface area contributed by atoms with Crippen molar-refractivity contribution in [2.45, 2.75) is 17.5 Å². The van der Waals surface area contributed by atoms with Crippen LogP contribution in [-0.4, -0.2) is 25.8 Å². The lowest BCUT2D eigenvalue weighted by molar-refractivity contribution is -0.137. The first kappa shape index (κ1) is 12.4. The summed E-state index contributed by atoms with van der Waals surface area (Å²) in [6.45, 7) is 0.868. The SMILES string of the molecule is O=S(=O)(c1ccc(C(F)(F)F)cc1)N1CCC1. The fourth-order valence-electron chi connectivity index (χ4n) is 1.49. The van der Waals surface area contributed by atoms with Crippen molar-refractivity contribution in [1.29, 1.82) is 0 Å². The number of nitrogens with zero attached hydrogens (tertiary/aromatic N) is 1. The third-order valence-corrected chi connectivity index (χ3v) is 4.55. The van der Waals surface area contributed by atoms with Crippen molar-refractivity contribution < 1.29 is 21.6 Å². The van der Waals surface area contributed by atoms with Gasteiger partial charge in [-0.25, -0.2) is 8.42 Å². The van der Waals surface area contributed by atoms with E-state index in [2.05, 4.69) is 0 Å². The minimum Gasteiger partial charge on any atom is -0.207 e. The molecule has 1 aliphatic heterocycles. The van der Waals surface area contributed by atoms with E-state index in [1.165, 1.54) is 4.31 Å². The summed E-state index contributed by atoms with van der Waals surface area (Å²) in [4.78, 5) is -0.0924. The summed E-state index contributed by atoms with van der Waals surface area (Å²) in [5.74, 6) is 0. The number of alkyl halides is 3. The molecule has 0 atom stereocenters. The number of sulfonamides is 1. The first-order valence-electron chi connectivity index (χ1n) is 4.99. The first-order chi connectivity index (χ1) is 7.82. The standard InChI is InChI=1S/C10H10F3NO2S/c11-10(12,13)8-2-4-9(5-3-8)17(15,16)14-6-1-7-14/h2-5H,1,6-7H2. The van der Waals surface area contributed by atoms with Crippen LogP contribution in [0.15, 0.2) is 29.2 Å². The molecule has 94 valence electrons. The Hall–Kier alpha value is -1.08. The van der Waals surface area contributed by atoms with Crippen LogP contribution in [-0.2, 0) is 16.2 Å². The second kappa shape index (κ2) is 3.99. The van der Waals surface area contributed by atoms with E-state index in [1.54, 1.807) is 0 Å². The molecule has 0 aromatic heterocycles. The largest absolute Gasteiger partial charge is 0.416 e. The van der Waals surface area contributed by atoms with E-state index in [-0.39, 0.29) is 4.90 Å². The smallest absolute Gasteiger partial charge is 0.207 e. The molecule has 1 aromatic rings. The van der Waals surface area contributed by atoms with Gasteiger partial charge < -0.3 is 0 Å². The Morgan fingerprint density at radius 2 is 1.59 bits per heavy atom. The van der Waals surface area contributed by atoms with Crippen molar-refractivity contribution in [1.82, 2.24) is 4.31 Å². The van der Waals surface area contributed by atoms with E-state index in [1.807, 2.05) is 0 Å². The summed E-state index contributed by atoms with van der Waals surface area (Å²) in [5, 5.41) is 0. The van der Waals surface area contributed by atoms with Gasteiger partial charge in [0.25, 0.3) is 0 Å². The van der Waals surface area contributed by atoms with Crippen LogP contribution in [0.25, 0.3) is 0 Å². The van der Waals surface area contributed by atoms with Crippen LogP contribution in [0.5, 0.6) is 0 Å². The minimum absolute atomic E-state index is 0.0924. The van der Waals surface area contributed by atoms with Crippen molar-refractivity contribution in [2.24, 2.45) is 0 Å². The lowest BCUT2D eigenvalue weighted by atomic mass is 10.2. The Balaban J connectivity index is 2.29. The van der Waals surface area contributed by atoms with Gasteiger partial charge in [0.15, 0.2) is 0 Å². The van der Waals surface area contributed by atoms with Gasteiger partial charge in [-0.1, -0.05) is 0 Å². The average Bonchev–Trinajstić information content (AvgIpc) is 2.13. The second-order valence-electron chi connectivity index (χ2n) is 3.78. The van der Waals surface area contributed by atoms with Crippen molar-refractivity contribution in [2.75, 3.05) is 13.1 Å². The Morgan fingerprint density at radius 1 is 1.06 bits per heavy atom. The van der Waals surface area contributed by atoms with Crippen LogP contribution in [0.2, 0.25) is 0 Å². The van der Waals surface area contributed by atoms with Crippen LogP contribution in [0, 0.1) is 0 Å². The molecule has 0 aliphatic carbocycles. The van der Waals surface area contributed by atoms with Gasteiger partial charge in [0, 0.05) is 13.1 Å². The molecule has 0 spiro atoms. The fourth-order valence-corrected chi connectivity index (χ4v) is 3.01. The van der Waals surface area contributed by atoms with Crippen LogP contribution >= 0.6 is 0 Å². The topological polar surface area (TPSA) is 37.4 Å². The first-order valence-corrected chi connectivity index (χ1v) is 6.43. The number of hydrogen-bond donors (Lipinski definition) is 0. The summed E-state index contributed by atoms with van der Waals surface area (Å²) in [7, 11) is -3.60. The van der Waals surface area contributed by atoms with E-state index in [0.29, 0.717) is 13.1 Å². The normalized spacial score (nSPS) is 17.8. The van der Waals surface area contributed by atoms with Crippen molar-refractivity contribution in [3.05, 3.63) is 29.8 Å². The van der Waals surface area contributed by atoms with Gasteiger partial charge in [-0.2, -0.15) is 17.5 Å². The molecule has 1 heterocycles. The van der Waals surface area contributed by atoms with Gasteiger partial charge in [0.05, 0.1) is 10.5 Å². The van der Waals surface area contributed by atoms with Crippen molar-refractivity contribution in [3.63, 3.8) is 0 Å². The van der Waals surface area contributed by atoms with Gasteiger partial charge in [0.2, 0.25) is 10.0 Å².